The number of thioether (sulfide) groups is 1. The Kier molecular flexibility index (Phi) is 5.19. The second-order valence-electron chi connectivity index (χ2n) is 7.72. The molecule has 0 saturated heterocycles. The number of hydrogen-bond acceptors (Lipinski definition) is 4. The minimum Gasteiger partial charge on any atom is -0.508 e. The first kappa shape index (κ1) is 19.1. The van der Waals surface area contributed by atoms with E-state index >= 15 is 0 Å². The van der Waals surface area contributed by atoms with Crippen molar-refractivity contribution < 1.29 is 5.11 Å². The van der Waals surface area contributed by atoms with Gasteiger partial charge >= 0.3 is 0 Å². The van der Waals surface area contributed by atoms with E-state index in [1.54, 1.807) is 17.8 Å². The number of aryl methyl sites for hydroxylation is 2. The molecule has 0 aromatic heterocycles. The highest BCUT2D eigenvalue weighted by Crippen LogP contribution is 2.45. The molecule has 5 heteroatoms. The number of phenolic OH excluding ortho intramolecular Hbond substituents is 1. The molecule has 4 nitrogen and oxygen atoms in total. The number of aliphatic imine (C=N–C) groups is 2. The van der Waals surface area contributed by atoms with Crippen LogP contribution in [-0.2, 0) is 0 Å². The number of hydrogen-bond donors (Lipinski definition) is 1. The van der Waals surface area contributed by atoms with E-state index < -0.39 is 0 Å². The number of benzene rings is 2. The highest BCUT2D eigenvalue weighted by atomic mass is 32.2. The predicted molar refractivity (Wildman–Crippen MR) is 120 cm³/mol. The van der Waals surface area contributed by atoms with Crippen LogP contribution in [0.3, 0.4) is 0 Å². The quantitative estimate of drug-likeness (QED) is 0.682. The summed E-state index contributed by atoms with van der Waals surface area (Å²) < 4.78 is 0. The number of amidine groups is 2. The Bertz CT molecular complexity index is 924. The molecular formula is C23H27N3OS. The lowest BCUT2D eigenvalue weighted by Crippen LogP contribution is -2.52. The molecule has 1 saturated carbocycles. The summed E-state index contributed by atoms with van der Waals surface area (Å²) in [6.45, 7) is 4.22. The van der Waals surface area contributed by atoms with E-state index in [0.29, 0.717) is 0 Å². The third-order valence-corrected chi connectivity index (χ3v) is 6.48. The van der Waals surface area contributed by atoms with Crippen LogP contribution in [0, 0.1) is 13.8 Å². The first-order chi connectivity index (χ1) is 13.5. The van der Waals surface area contributed by atoms with Gasteiger partial charge in [0.2, 0.25) is 0 Å². The standard InChI is InChI=1S/C23H27N3OS/c1-16-9-7-10-17(2)20(16)24-21-23(13-5-4-6-14-23)26(22(25-21)28-3)18-11-8-12-19(27)15-18/h7-12,15,27H,4-6,13-14H2,1-3H3. The van der Waals surface area contributed by atoms with E-state index in [9.17, 15) is 5.11 Å². The number of rotatable bonds is 2. The van der Waals surface area contributed by atoms with Gasteiger partial charge in [0.1, 0.15) is 11.3 Å². The van der Waals surface area contributed by atoms with Crippen molar-refractivity contribution in [3.05, 3.63) is 53.6 Å². The summed E-state index contributed by atoms with van der Waals surface area (Å²) in [5.41, 5.74) is 4.13. The van der Waals surface area contributed by atoms with Gasteiger partial charge in [-0.05, 0) is 56.2 Å². The Hall–Kier alpha value is -2.27. The van der Waals surface area contributed by atoms with Crippen molar-refractivity contribution in [3.8, 4) is 5.75 Å². The SMILES string of the molecule is CSC1=NC(=Nc2c(C)cccc2C)C2(CCCCC2)N1c1cccc(O)c1. The molecule has 1 heterocycles. The maximum atomic E-state index is 10.1. The van der Waals surface area contributed by atoms with Gasteiger partial charge in [-0.1, -0.05) is 55.3 Å². The molecule has 2 aromatic rings. The molecule has 0 amide bonds. The summed E-state index contributed by atoms with van der Waals surface area (Å²) >= 11 is 1.64. The van der Waals surface area contributed by atoms with Crippen molar-refractivity contribution in [1.82, 2.24) is 0 Å². The Morgan fingerprint density at radius 2 is 1.71 bits per heavy atom. The highest BCUT2D eigenvalue weighted by molar-refractivity contribution is 8.13. The minimum absolute atomic E-state index is 0.237. The Labute approximate surface area is 171 Å². The van der Waals surface area contributed by atoms with E-state index in [-0.39, 0.29) is 11.3 Å². The zero-order valence-corrected chi connectivity index (χ0v) is 17.6. The van der Waals surface area contributed by atoms with Crippen LogP contribution in [0.15, 0.2) is 52.4 Å². The summed E-state index contributed by atoms with van der Waals surface area (Å²) in [6, 6.07) is 13.8. The maximum Gasteiger partial charge on any atom is 0.170 e. The smallest absolute Gasteiger partial charge is 0.170 e. The fourth-order valence-electron chi connectivity index (χ4n) is 4.46. The second-order valence-corrected chi connectivity index (χ2v) is 8.50. The molecule has 28 heavy (non-hydrogen) atoms. The summed E-state index contributed by atoms with van der Waals surface area (Å²) in [6.07, 6.45) is 7.70. The molecule has 1 fully saturated rings. The van der Waals surface area contributed by atoms with Crippen LogP contribution in [0.5, 0.6) is 5.75 Å². The topological polar surface area (TPSA) is 48.2 Å². The van der Waals surface area contributed by atoms with Crippen LogP contribution in [0.25, 0.3) is 0 Å². The van der Waals surface area contributed by atoms with Crippen molar-refractivity contribution in [2.75, 3.05) is 11.2 Å². The van der Waals surface area contributed by atoms with Gasteiger partial charge in [-0.15, -0.1) is 0 Å². The zero-order chi connectivity index (χ0) is 19.7. The number of phenols is 1. The number of para-hydroxylation sites is 1. The monoisotopic (exact) mass is 393 g/mol. The lowest BCUT2D eigenvalue weighted by atomic mass is 9.79. The van der Waals surface area contributed by atoms with Gasteiger partial charge in [-0.2, -0.15) is 0 Å². The Morgan fingerprint density at radius 3 is 2.36 bits per heavy atom. The molecule has 0 atom stereocenters. The van der Waals surface area contributed by atoms with Crippen molar-refractivity contribution in [2.45, 2.75) is 51.5 Å². The molecule has 4 rings (SSSR count). The van der Waals surface area contributed by atoms with Crippen LogP contribution < -0.4 is 4.90 Å². The summed E-state index contributed by atoms with van der Waals surface area (Å²) in [7, 11) is 0. The van der Waals surface area contributed by atoms with Crippen molar-refractivity contribution in [1.29, 1.82) is 0 Å². The van der Waals surface area contributed by atoms with Gasteiger partial charge in [0.05, 0.1) is 5.69 Å². The Balaban J connectivity index is 1.89. The van der Waals surface area contributed by atoms with Gasteiger partial charge in [-0.3, -0.25) is 0 Å². The number of anilines is 1. The third kappa shape index (κ3) is 3.22. The molecule has 1 spiro atoms. The largest absolute Gasteiger partial charge is 0.508 e. The molecular weight excluding hydrogens is 366 g/mol. The van der Waals surface area contributed by atoms with Crippen LogP contribution in [0.2, 0.25) is 0 Å². The molecule has 146 valence electrons. The normalized spacial score (nSPS) is 20.0. The summed E-state index contributed by atoms with van der Waals surface area (Å²) in [4.78, 5) is 12.5. The van der Waals surface area contributed by atoms with Crippen LogP contribution in [0.1, 0.15) is 43.2 Å². The van der Waals surface area contributed by atoms with Gasteiger partial charge in [0.25, 0.3) is 0 Å². The average molecular weight is 394 g/mol. The van der Waals surface area contributed by atoms with E-state index in [2.05, 4.69) is 49.3 Å². The van der Waals surface area contributed by atoms with E-state index in [0.717, 1.165) is 48.1 Å². The van der Waals surface area contributed by atoms with E-state index in [4.69, 9.17) is 9.98 Å². The van der Waals surface area contributed by atoms with Crippen molar-refractivity contribution >= 4 is 34.1 Å². The minimum atomic E-state index is -0.237. The summed E-state index contributed by atoms with van der Waals surface area (Å²) in [5, 5.41) is 11.0. The fraction of sp³-hybridized carbons (Fsp3) is 0.391. The van der Waals surface area contributed by atoms with Gasteiger partial charge in [0, 0.05) is 11.8 Å². The molecule has 0 bridgehead atoms. The third-order valence-electron chi connectivity index (χ3n) is 5.85. The van der Waals surface area contributed by atoms with Gasteiger partial charge in [0.15, 0.2) is 11.0 Å². The van der Waals surface area contributed by atoms with Gasteiger partial charge in [-0.25, -0.2) is 9.98 Å². The van der Waals surface area contributed by atoms with Gasteiger partial charge < -0.3 is 10.0 Å². The Morgan fingerprint density at radius 1 is 1.04 bits per heavy atom. The molecule has 2 aliphatic rings. The van der Waals surface area contributed by atoms with Crippen LogP contribution >= 0.6 is 11.8 Å². The molecule has 0 radical (unpaired) electrons. The first-order valence-corrected chi connectivity index (χ1v) is 11.1. The molecule has 0 unspecified atom stereocenters. The fourth-order valence-corrected chi connectivity index (χ4v) is 5.10. The van der Waals surface area contributed by atoms with E-state index in [1.165, 1.54) is 17.5 Å². The lowest BCUT2D eigenvalue weighted by Gasteiger charge is -2.42. The molecule has 1 N–H and O–H groups in total. The summed E-state index contributed by atoms with van der Waals surface area (Å²) in [5.74, 6) is 1.20. The average Bonchev–Trinajstić information content (AvgIpc) is 2.98. The lowest BCUT2D eigenvalue weighted by molar-refractivity contribution is 0.385. The predicted octanol–water partition coefficient (Wildman–Crippen LogP) is 5.98. The molecule has 1 aliphatic heterocycles. The van der Waals surface area contributed by atoms with Crippen LogP contribution in [-0.4, -0.2) is 27.9 Å². The zero-order valence-electron chi connectivity index (χ0n) is 16.8. The molecule has 2 aromatic carbocycles. The van der Waals surface area contributed by atoms with Crippen molar-refractivity contribution in [3.63, 3.8) is 0 Å². The number of nitrogens with zero attached hydrogens (tertiary/aromatic N) is 3. The maximum absolute atomic E-state index is 10.1. The number of aromatic hydroxyl groups is 1. The molecule has 1 aliphatic carbocycles. The second kappa shape index (κ2) is 7.63. The highest BCUT2D eigenvalue weighted by Gasteiger charge is 2.49. The van der Waals surface area contributed by atoms with Crippen LogP contribution in [0.4, 0.5) is 11.4 Å². The van der Waals surface area contributed by atoms with Crippen molar-refractivity contribution in [2.24, 2.45) is 9.98 Å². The first-order valence-electron chi connectivity index (χ1n) is 9.92. The van der Waals surface area contributed by atoms with E-state index in [1.807, 2.05) is 12.1 Å².